The molecular weight excluding hydrogens is 552 g/mol. The van der Waals surface area contributed by atoms with E-state index in [0.29, 0.717) is 51.5 Å². The zero-order chi connectivity index (χ0) is 30.1. The van der Waals surface area contributed by atoms with Gasteiger partial charge < -0.3 is 28.4 Å². The van der Waals surface area contributed by atoms with Gasteiger partial charge in [0.1, 0.15) is 36.2 Å². The Bertz CT molecular complexity index is 1420. The molecular formula is C38H42O6. The molecule has 2 aliphatic rings. The van der Waals surface area contributed by atoms with Gasteiger partial charge in [-0.15, -0.1) is 0 Å². The van der Waals surface area contributed by atoms with Crippen LogP contribution in [0.3, 0.4) is 0 Å². The molecule has 1 heterocycles. The van der Waals surface area contributed by atoms with E-state index in [1.165, 1.54) is 11.1 Å². The molecule has 1 aliphatic heterocycles. The molecule has 1 saturated carbocycles. The smallest absolute Gasteiger partial charge is 0.125 e. The van der Waals surface area contributed by atoms with Gasteiger partial charge in [0.05, 0.1) is 40.6 Å². The van der Waals surface area contributed by atoms with Crippen molar-refractivity contribution in [3.8, 4) is 23.0 Å². The second kappa shape index (κ2) is 14.7. The van der Waals surface area contributed by atoms with Crippen LogP contribution in [0.1, 0.15) is 58.1 Å². The van der Waals surface area contributed by atoms with Crippen LogP contribution < -0.4 is 18.9 Å². The molecule has 1 fully saturated rings. The van der Waals surface area contributed by atoms with Crippen molar-refractivity contribution >= 4 is 0 Å². The van der Waals surface area contributed by atoms with Crippen LogP contribution in [0.25, 0.3) is 0 Å². The van der Waals surface area contributed by atoms with Gasteiger partial charge in [-0.2, -0.15) is 0 Å². The van der Waals surface area contributed by atoms with Gasteiger partial charge in [-0.05, 0) is 70.2 Å². The molecule has 44 heavy (non-hydrogen) atoms. The highest BCUT2D eigenvalue weighted by Crippen LogP contribution is 2.54. The molecule has 0 aromatic heterocycles. The molecule has 0 N–H and O–H groups in total. The molecule has 0 saturated heterocycles. The molecule has 4 aromatic rings. The van der Waals surface area contributed by atoms with E-state index in [4.69, 9.17) is 28.4 Å². The Morgan fingerprint density at radius 2 is 0.886 bits per heavy atom. The van der Waals surface area contributed by atoms with Crippen molar-refractivity contribution in [2.45, 2.75) is 37.5 Å². The van der Waals surface area contributed by atoms with Gasteiger partial charge >= 0.3 is 0 Å². The molecule has 6 heteroatoms. The maximum Gasteiger partial charge on any atom is 0.125 e. The van der Waals surface area contributed by atoms with Crippen molar-refractivity contribution < 1.29 is 28.4 Å². The molecule has 4 aromatic carbocycles. The lowest BCUT2D eigenvalue weighted by Crippen LogP contribution is -2.23. The molecule has 0 spiro atoms. The van der Waals surface area contributed by atoms with Crippen LogP contribution in [0.5, 0.6) is 23.0 Å². The summed E-state index contributed by atoms with van der Waals surface area (Å²) in [6.45, 7) is 2.94. The van der Waals surface area contributed by atoms with E-state index in [2.05, 4.69) is 60.7 Å². The number of benzene rings is 4. The summed E-state index contributed by atoms with van der Waals surface area (Å²) in [5.74, 6) is 4.37. The van der Waals surface area contributed by atoms with E-state index in [-0.39, 0.29) is 0 Å². The monoisotopic (exact) mass is 594 g/mol. The predicted molar refractivity (Wildman–Crippen MR) is 172 cm³/mol. The van der Waals surface area contributed by atoms with Gasteiger partial charge in [0.15, 0.2) is 0 Å². The Morgan fingerprint density at radius 1 is 0.477 bits per heavy atom. The molecule has 1 aliphatic carbocycles. The van der Waals surface area contributed by atoms with E-state index in [0.717, 1.165) is 70.9 Å². The Morgan fingerprint density at radius 3 is 1.32 bits per heavy atom. The first-order chi connectivity index (χ1) is 21.8. The minimum atomic E-state index is 0.346. The lowest BCUT2D eigenvalue weighted by atomic mass is 9.66. The number of para-hydroxylation sites is 4. The molecule has 2 atom stereocenters. The van der Waals surface area contributed by atoms with Crippen LogP contribution in [0.2, 0.25) is 0 Å². The van der Waals surface area contributed by atoms with Crippen molar-refractivity contribution in [1.82, 2.24) is 0 Å². The first kappa shape index (κ1) is 30.0. The quantitative estimate of drug-likeness (QED) is 0.242. The van der Waals surface area contributed by atoms with Gasteiger partial charge in [0, 0.05) is 12.8 Å². The van der Waals surface area contributed by atoms with Crippen molar-refractivity contribution in [3.05, 3.63) is 118 Å². The Kier molecular flexibility index (Phi) is 10.0. The lowest BCUT2D eigenvalue weighted by molar-refractivity contribution is 0.0272. The highest BCUT2D eigenvalue weighted by Gasteiger charge is 2.37. The second-order valence-corrected chi connectivity index (χ2v) is 11.4. The molecule has 2 unspecified atom stereocenters. The SMILES string of the molecule is COc1c2cccc1C1CCC1c1cccc(c1OC)Cc1ccccc1OCCOCCOCCOc1ccccc1C2. The second-order valence-electron chi connectivity index (χ2n) is 11.4. The topological polar surface area (TPSA) is 55.4 Å². The van der Waals surface area contributed by atoms with Crippen molar-refractivity contribution in [2.75, 3.05) is 53.9 Å². The van der Waals surface area contributed by atoms with Crippen LogP contribution in [-0.2, 0) is 22.3 Å². The van der Waals surface area contributed by atoms with Crippen LogP contribution in [0, 0.1) is 0 Å². The number of methoxy groups -OCH3 is 2. The fraction of sp³-hybridized carbons (Fsp3) is 0.368. The summed E-state index contributed by atoms with van der Waals surface area (Å²) < 4.78 is 36.1. The van der Waals surface area contributed by atoms with Crippen molar-refractivity contribution in [3.63, 3.8) is 0 Å². The van der Waals surface area contributed by atoms with Crippen molar-refractivity contribution in [2.24, 2.45) is 0 Å². The highest BCUT2D eigenvalue weighted by atomic mass is 16.6. The van der Waals surface area contributed by atoms with E-state index < -0.39 is 0 Å². The van der Waals surface area contributed by atoms with E-state index in [1.807, 2.05) is 24.3 Å². The minimum Gasteiger partial charge on any atom is -0.496 e. The molecule has 0 radical (unpaired) electrons. The van der Waals surface area contributed by atoms with Crippen LogP contribution in [0.15, 0.2) is 84.9 Å². The largest absolute Gasteiger partial charge is 0.496 e. The zero-order valence-electron chi connectivity index (χ0n) is 25.8. The third-order valence-corrected chi connectivity index (χ3v) is 8.79. The average molecular weight is 595 g/mol. The fourth-order valence-corrected chi connectivity index (χ4v) is 6.55. The Labute approximate surface area is 260 Å². The zero-order valence-corrected chi connectivity index (χ0v) is 25.8. The van der Waals surface area contributed by atoms with Crippen LogP contribution in [0.4, 0.5) is 0 Å². The van der Waals surface area contributed by atoms with Crippen LogP contribution >= 0.6 is 0 Å². The number of ether oxygens (including phenoxy) is 6. The highest BCUT2D eigenvalue weighted by molar-refractivity contribution is 5.53. The Hall–Kier alpha value is -4.00. The van der Waals surface area contributed by atoms with E-state index >= 15 is 0 Å². The average Bonchev–Trinajstić information content (AvgIpc) is 3.03. The summed E-state index contributed by atoms with van der Waals surface area (Å²) in [5.41, 5.74) is 7.09. The molecule has 230 valence electrons. The summed E-state index contributed by atoms with van der Waals surface area (Å²) >= 11 is 0. The molecule has 6 rings (SSSR count). The summed E-state index contributed by atoms with van der Waals surface area (Å²) in [6.07, 6.45) is 3.66. The first-order valence-corrected chi connectivity index (χ1v) is 15.6. The predicted octanol–water partition coefficient (Wildman–Crippen LogP) is 7.35. The number of fused-ring (bicyclic) bond motifs is 9. The Balaban J connectivity index is 1.34. The lowest BCUT2D eigenvalue weighted by Gasteiger charge is -2.39. The maximum absolute atomic E-state index is 6.16. The minimum absolute atomic E-state index is 0.346. The number of rotatable bonds is 2. The van der Waals surface area contributed by atoms with Crippen molar-refractivity contribution in [1.29, 1.82) is 0 Å². The van der Waals surface area contributed by atoms with E-state index in [1.54, 1.807) is 14.2 Å². The standard InChI is InChI=1S/C38H42O6/c1-39-37-29-11-7-13-33(37)31-17-18-32(31)34-14-8-12-30(38(34)40-2)26-28-10-4-6-16-36(28)44-24-22-42-20-19-41-21-23-43-35-15-5-3-9-27(35)25-29/h3-16,31-32H,17-26H2,1-2H3. The summed E-state index contributed by atoms with van der Waals surface area (Å²) in [5, 5.41) is 0. The third-order valence-electron chi connectivity index (χ3n) is 8.79. The van der Waals surface area contributed by atoms with E-state index in [9.17, 15) is 0 Å². The van der Waals surface area contributed by atoms with Crippen LogP contribution in [-0.4, -0.2) is 53.9 Å². The summed E-state index contributed by atoms with van der Waals surface area (Å²) in [6, 6.07) is 29.6. The summed E-state index contributed by atoms with van der Waals surface area (Å²) in [4.78, 5) is 0. The molecule has 6 nitrogen and oxygen atoms in total. The normalized spacial score (nSPS) is 19.3. The molecule has 0 amide bonds. The molecule has 4 bridgehead atoms. The van der Waals surface area contributed by atoms with Gasteiger partial charge in [-0.25, -0.2) is 0 Å². The van der Waals surface area contributed by atoms with Gasteiger partial charge in [0.2, 0.25) is 0 Å². The van der Waals surface area contributed by atoms with Gasteiger partial charge in [-0.1, -0.05) is 72.8 Å². The fourth-order valence-electron chi connectivity index (χ4n) is 6.55. The maximum atomic E-state index is 6.16. The van der Waals surface area contributed by atoms with Gasteiger partial charge in [-0.3, -0.25) is 0 Å². The number of hydrogen-bond donors (Lipinski definition) is 0. The third kappa shape index (κ3) is 6.72. The first-order valence-electron chi connectivity index (χ1n) is 15.6. The number of hydrogen-bond acceptors (Lipinski definition) is 6. The van der Waals surface area contributed by atoms with Gasteiger partial charge in [0.25, 0.3) is 0 Å². The summed E-state index contributed by atoms with van der Waals surface area (Å²) in [7, 11) is 3.57.